The van der Waals surface area contributed by atoms with Crippen LogP contribution in [0.25, 0.3) is 33.1 Å². The molecule has 0 spiro atoms. The Morgan fingerprint density at radius 3 is 1.53 bits per heavy atom. The monoisotopic (exact) mass is 836 g/mol. The molecule has 57 heavy (non-hydrogen) atoms. The molecule has 17 heteroatoms. The Morgan fingerprint density at radius 2 is 1.04 bits per heavy atom. The lowest BCUT2D eigenvalue weighted by Gasteiger charge is -2.28. The van der Waals surface area contributed by atoms with Crippen LogP contribution in [0, 0.1) is 0 Å². The molecule has 9 rings (SSSR count). The summed E-state index contributed by atoms with van der Waals surface area (Å²) >= 11 is 3.50. The Bertz CT molecular complexity index is 2890. The van der Waals surface area contributed by atoms with Crippen molar-refractivity contribution in [3.8, 4) is 0 Å². The van der Waals surface area contributed by atoms with Crippen LogP contribution in [0.3, 0.4) is 0 Å². The molecule has 0 radical (unpaired) electrons. The molecule has 6 heterocycles. The number of aromatic nitrogens is 8. The van der Waals surface area contributed by atoms with Crippen molar-refractivity contribution in [3.63, 3.8) is 0 Å². The van der Waals surface area contributed by atoms with E-state index >= 15 is 0 Å². The highest BCUT2D eigenvalue weighted by molar-refractivity contribution is 9.10. The van der Waals surface area contributed by atoms with Crippen molar-refractivity contribution in [2.75, 3.05) is 62.2 Å². The maximum atomic E-state index is 13.1. The number of halogens is 1. The number of anilines is 2. The van der Waals surface area contributed by atoms with Crippen LogP contribution >= 0.6 is 15.9 Å². The molecule has 16 nitrogen and oxygen atoms in total. The van der Waals surface area contributed by atoms with Crippen molar-refractivity contribution >= 4 is 60.9 Å². The van der Waals surface area contributed by atoms with Gasteiger partial charge in [-0.25, -0.2) is 9.59 Å². The lowest BCUT2D eigenvalue weighted by Crippen LogP contribution is -2.44. The first-order chi connectivity index (χ1) is 27.5. The van der Waals surface area contributed by atoms with Crippen molar-refractivity contribution in [2.45, 2.75) is 13.1 Å². The van der Waals surface area contributed by atoms with Crippen molar-refractivity contribution in [2.24, 2.45) is 28.2 Å². The molecule has 0 aliphatic carbocycles. The zero-order valence-corrected chi connectivity index (χ0v) is 34.0. The molecule has 296 valence electrons. The Balaban J connectivity index is 0.000000161. The molecule has 0 atom stereocenters. The van der Waals surface area contributed by atoms with Gasteiger partial charge in [-0.2, -0.15) is 9.97 Å². The lowest BCUT2D eigenvalue weighted by molar-refractivity contribution is 0.571. The van der Waals surface area contributed by atoms with E-state index in [9.17, 15) is 19.2 Å². The molecule has 4 aromatic heterocycles. The number of nitrogens with zero attached hydrogens (tertiary/aromatic N) is 10. The molecule has 0 amide bonds. The minimum Gasteiger partial charge on any atom is -0.340 e. The van der Waals surface area contributed by atoms with Gasteiger partial charge in [0.05, 0.1) is 13.1 Å². The van der Waals surface area contributed by atoms with E-state index in [-0.39, 0.29) is 22.5 Å². The van der Waals surface area contributed by atoms with E-state index in [0.29, 0.717) is 35.4 Å². The van der Waals surface area contributed by atoms with Gasteiger partial charge in [-0.15, -0.1) is 0 Å². The Morgan fingerprint density at radius 1 is 0.561 bits per heavy atom. The van der Waals surface area contributed by atoms with Gasteiger partial charge < -0.3 is 20.4 Å². The highest BCUT2D eigenvalue weighted by Crippen LogP contribution is 2.25. The van der Waals surface area contributed by atoms with Crippen molar-refractivity contribution in [1.29, 1.82) is 0 Å². The standard InChI is InChI=1S/C22H24N6O2.C18H21BrN6O2/c1-25-19-18(20(29)26(2)22(25)30)28(21(24-19)27-11-9-23-10-12-27)14-15-7-8-16-5-3-4-6-17(16)13-15;1-22-15-14(16(26)23(2)18(22)27)25(11-12-4-3-5-13(19)10-12)17(21-15)24-8-6-20-7-9-24/h3-8,13,23H,9-12,14H2,1-2H3;3-5,10,20H,6-9,11H2,1-2H3. The third kappa shape index (κ3) is 7.10. The zero-order chi connectivity index (χ0) is 40.0. The number of nitrogens with one attached hydrogen (secondary N) is 2. The highest BCUT2D eigenvalue weighted by Gasteiger charge is 2.25. The molecule has 2 saturated heterocycles. The molecule has 0 bridgehead atoms. The number of rotatable bonds is 6. The third-order valence-corrected chi connectivity index (χ3v) is 11.3. The van der Waals surface area contributed by atoms with Crippen molar-refractivity contribution in [3.05, 3.63) is 124 Å². The van der Waals surface area contributed by atoms with Gasteiger partial charge in [0.15, 0.2) is 22.3 Å². The van der Waals surface area contributed by atoms with Crippen LogP contribution in [0.4, 0.5) is 11.9 Å². The fourth-order valence-corrected chi connectivity index (χ4v) is 8.17. The number of aryl methyl sites for hydroxylation is 2. The van der Waals surface area contributed by atoms with E-state index in [1.165, 1.54) is 28.6 Å². The summed E-state index contributed by atoms with van der Waals surface area (Å²) in [6, 6.07) is 22.5. The Kier molecular flexibility index (Phi) is 10.5. The molecule has 2 N–H and O–H groups in total. The molecule has 7 aromatic rings. The summed E-state index contributed by atoms with van der Waals surface area (Å²) in [6.45, 7) is 7.65. The zero-order valence-electron chi connectivity index (χ0n) is 32.4. The number of fused-ring (bicyclic) bond motifs is 3. The van der Waals surface area contributed by atoms with E-state index in [1.54, 1.807) is 14.1 Å². The summed E-state index contributed by atoms with van der Waals surface area (Å²) < 4.78 is 10.1. The van der Waals surface area contributed by atoms with Crippen LogP contribution in [0.2, 0.25) is 0 Å². The molecule has 2 fully saturated rings. The smallest absolute Gasteiger partial charge is 0.332 e. The van der Waals surface area contributed by atoms with Crippen LogP contribution in [0.5, 0.6) is 0 Å². The Labute approximate surface area is 335 Å². The minimum absolute atomic E-state index is 0.317. The van der Waals surface area contributed by atoms with Crippen LogP contribution in [-0.4, -0.2) is 89.7 Å². The van der Waals surface area contributed by atoms with E-state index in [1.807, 2.05) is 45.5 Å². The maximum absolute atomic E-state index is 13.1. The van der Waals surface area contributed by atoms with E-state index < -0.39 is 0 Å². The molecular formula is C40H45BrN12O4. The van der Waals surface area contributed by atoms with Crippen molar-refractivity contribution in [1.82, 2.24) is 48.0 Å². The van der Waals surface area contributed by atoms with Gasteiger partial charge in [-0.3, -0.25) is 37.0 Å². The van der Waals surface area contributed by atoms with Gasteiger partial charge in [-0.1, -0.05) is 64.5 Å². The Hall–Kier alpha value is -5.78. The molecule has 0 saturated carbocycles. The van der Waals surface area contributed by atoms with Crippen molar-refractivity contribution < 1.29 is 0 Å². The quantitative estimate of drug-likeness (QED) is 0.253. The normalized spacial score (nSPS) is 14.8. The third-order valence-electron chi connectivity index (χ3n) is 10.8. The van der Waals surface area contributed by atoms with E-state index in [0.717, 1.165) is 94.4 Å². The second kappa shape index (κ2) is 15.6. The fourth-order valence-electron chi connectivity index (χ4n) is 7.72. The summed E-state index contributed by atoms with van der Waals surface area (Å²) in [5, 5.41) is 9.01. The van der Waals surface area contributed by atoms with Gasteiger partial charge in [0, 0.05) is 85.0 Å². The van der Waals surface area contributed by atoms with Crippen LogP contribution in [0.15, 0.2) is 90.4 Å². The predicted octanol–water partition coefficient (Wildman–Crippen LogP) is 1.70. The second-order valence-corrected chi connectivity index (χ2v) is 15.5. The van der Waals surface area contributed by atoms with Crippen LogP contribution in [0.1, 0.15) is 11.1 Å². The number of piperazine rings is 2. The average molecular weight is 838 g/mol. The lowest BCUT2D eigenvalue weighted by atomic mass is 10.1. The van der Waals surface area contributed by atoms with Gasteiger partial charge in [0.2, 0.25) is 11.9 Å². The second-order valence-electron chi connectivity index (χ2n) is 14.5. The van der Waals surface area contributed by atoms with Crippen LogP contribution < -0.4 is 42.9 Å². The van der Waals surface area contributed by atoms with Gasteiger partial charge >= 0.3 is 11.4 Å². The minimum atomic E-state index is -0.369. The first-order valence-electron chi connectivity index (χ1n) is 19.0. The van der Waals surface area contributed by atoms with E-state index in [2.05, 4.69) is 66.7 Å². The van der Waals surface area contributed by atoms with Gasteiger partial charge in [0.25, 0.3) is 11.1 Å². The molecule has 2 aliphatic heterocycles. The summed E-state index contributed by atoms with van der Waals surface area (Å²) in [6.07, 6.45) is 0. The van der Waals surface area contributed by atoms with Gasteiger partial charge in [0.1, 0.15) is 0 Å². The van der Waals surface area contributed by atoms with Gasteiger partial charge in [-0.05, 0) is 40.1 Å². The SMILES string of the molecule is Cn1c(=O)c2c(nc(N3CCNCC3)n2Cc2ccc3ccccc3c2)n(C)c1=O.Cn1c(=O)c2c(nc(N3CCNCC3)n2Cc2cccc(Br)c2)n(C)c1=O. The number of imidazole rings is 2. The van der Waals surface area contributed by atoms with Crippen LogP contribution in [-0.2, 0) is 41.3 Å². The summed E-state index contributed by atoms with van der Waals surface area (Å²) in [5.74, 6) is 1.46. The highest BCUT2D eigenvalue weighted by atomic mass is 79.9. The topological polar surface area (TPSA) is 154 Å². The average Bonchev–Trinajstić information content (AvgIpc) is 3.80. The maximum Gasteiger partial charge on any atom is 0.332 e. The number of hydrogen-bond donors (Lipinski definition) is 2. The summed E-state index contributed by atoms with van der Waals surface area (Å²) in [7, 11) is 6.34. The molecule has 0 unspecified atom stereocenters. The number of hydrogen-bond acceptors (Lipinski definition) is 10. The first-order valence-corrected chi connectivity index (χ1v) is 19.8. The number of benzene rings is 3. The molecule has 2 aliphatic rings. The summed E-state index contributed by atoms with van der Waals surface area (Å²) in [4.78, 5) is 64.6. The first kappa shape index (κ1) is 38.1. The van der Waals surface area contributed by atoms with E-state index in [4.69, 9.17) is 9.97 Å². The molecule has 3 aromatic carbocycles. The largest absolute Gasteiger partial charge is 0.340 e. The molecular weight excluding hydrogens is 792 g/mol. The fraction of sp³-hybridized carbons (Fsp3) is 0.350. The summed E-state index contributed by atoms with van der Waals surface area (Å²) in [5.41, 5.74) is 2.52. The predicted molar refractivity (Wildman–Crippen MR) is 227 cm³/mol.